The third kappa shape index (κ3) is 2.77. The topological polar surface area (TPSA) is 20.5 Å². The maximum absolute atomic E-state index is 6.01. The molecule has 102 valence electrons. The van der Waals surface area contributed by atoms with Gasteiger partial charge in [-0.15, -0.1) is 0 Å². The molecule has 4 heteroatoms. The highest BCUT2D eigenvalue weighted by Gasteiger charge is 2.20. The van der Waals surface area contributed by atoms with Crippen molar-refractivity contribution in [1.29, 1.82) is 0 Å². The van der Waals surface area contributed by atoms with Gasteiger partial charge in [-0.2, -0.15) is 0 Å². The van der Waals surface area contributed by atoms with Crippen molar-refractivity contribution in [3.63, 3.8) is 0 Å². The maximum Gasteiger partial charge on any atom is 0.113 e. The molecule has 3 nitrogen and oxygen atoms in total. The zero-order chi connectivity index (χ0) is 13.2. The SMILES string of the molecule is CCN1CCCC(Cc2ncc3cc(Cl)ccn23)C1. The molecule has 1 aliphatic rings. The number of fused-ring (bicyclic) bond motifs is 1. The van der Waals surface area contributed by atoms with Crippen molar-refractivity contribution < 1.29 is 0 Å². The van der Waals surface area contributed by atoms with E-state index in [0.29, 0.717) is 0 Å². The fourth-order valence-corrected chi connectivity index (χ4v) is 3.21. The van der Waals surface area contributed by atoms with Crippen molar-refractivity contribution in [3.05, 3.63) is 35.4 Å². The summed E-state index contributed by atoms with van der Waals surface area (Å²) in [6.45, 7) is 5.87. The predicted molar refractivity (Wildman–Crippen MR) is 78.7 cm³/mol. The lowest BCUT2D eigenvalue weighted by molar-refractivity contribution is 0.180. The van der Waals surface area contributed by atoms with Gasteiger partial charge in [0.15, 0.2) is 0 Å². The van der Waals surface area contributed by atoms with Crippen LogP contribution in [-0.2, 0) is 6.42 Å². The second kappa shape index (κ2) is 5.51. The summed E-state index contributed by atoms with van der Waals surface area (Å²) in [6, 6.07) is 3.90. The Balaban J connectivity index is 1.77. The summed E-state index contributed by atoms with van der Waals surface area (Å²) in [5.41, 5.74) is 1.09. The number of hydrogen-bond donors (Lipinski definition) is 0. The van der Waals surface area contributed by atoms with E-state index in [1.807, 2.05) is 24.5 Å². The van der Waals surface area contributed by atoms with Gasteiger partial charge in [-0.1, -0.05) is 18.5 Å². The normalized spacial score (nSPS) is 21.1. The van der Waals surface area contributed by atoms with Gasteiger partial charge in [0.25, 0.3) is 0 Å². The van der Waals surface area contributed by atoms with Crippen LogP contribution >= 0.6 is 11.6 Å². The minimum Gasteiger partial charge on any atom is -0.304 e. The summed E-state index contributed by atoms with van der Waals surface area (Å²) < 4.78 is 2.16. The van der Waals surface area contributed by atoms with Gasteiger partial charge in [0.2, 0.25) is 0 Å². The first-order valence-electron chi connectivity index (χ1n) is 7.10. The van der Waals surface area contributed by atoms with E-state index in [1.54, 1.807) is 0 Å². The summed E-state index contributed by atoms with van der Waals surface area (Å²) in [5.74, 6) is 1.89. The lowest BCUT2D eigenvalue weighted by Crippen LogP contribution is -2.36. The molecule has 0 aliphatic carbocycles. The van der Waals surface area contributed by atoms with Gasteiger partial charge in [0.05, 0.1) is 11.7 Å². The fraction of sp³-hybridized carbons (Fsp3) is 0.533. The average Bonchev–Trinajstić information content (AvgIpc) is 2.81. The third-order valence-corrected chi connectivity index (χ3v) is 4.33. The molecular weight excluding hydrogens is 258 g/mol. The largest absolute Gasteiger partial charge is 0.304 e. The van der Waals surface area contributed by atoms with E-state index >= 15 is 0 Å². The van der Waals surface area contributed by atoms with Crippen LogP contribution in [0.1, 0.15) is 25.6 Å². The molecule has 0 amide bonds. The highest BCUT2D eigenvalue weighted by molar-refractivity contribution is 6.30. The number of halogens is 1. The molecule has 1 saturated heterocycles. The van der Waals surface area contributed by atoms with Crippen molar-refractivity contribution >= 4 is 17.1 Å². The lowest BCUT2D eigenvalue weighted by Gasteiger charge is -2.31. The van der Waals surface area contributed by atoms with Gasteiger partial charge >= 0.3 is 0 Å². The Kier molecular flexibility index (Phi) is 3.76. The van der Waals surface area contributed by atoms with E-state index in [1.165, 1.54) is 25.9 Å². The van der Waals surface area contributed by atoms with E-state index in [2.05, 4.69) is 21.2 Å². The van der Waals surface area contributed by atoms with Crippen molar-refractivity contribution in [2.45, 2.75) is 26.2 Å². The number of piperidine rings is 1. The first kappa shape index (κ1) is 12.9. The monoisotopic (exact) mass is 277 g/mol. The Bertz CT molecular complexity index is 564. The molecule has 0 bridgehead atoms. The third-order valence-electron chi connectivity index (χ3n) is 4.09. The standard InChI is InChI=1S/C15H20ClN3/c1-2-18-6-3-4-12(11-18)8-15-17-10-14-9-13(16)5-7-19(14)15/h5,7,9-10,12H,2-4,6,8,11H2,1H3. The minimum atomic E-state index is 0.731. The smallest absolute Gasteiger partial charge is 0.113 e. The van der Waals surface area contributed by atoms with Crippen LogP contribution in [0.3, 0.4) is 0 Å². The van der Waals surface area contributed by atoms with Crippen LogP contribution < -0.4 is 0 Å². The zero-order valence-corrected chi connectivity index (χ0v) is 12.1. The van der Waals surface area contributed by atoms with Gasteiger partial charge < -0.3 is 9.30 Å². The summed E-state index contributed by atoms with van der Waals surface area (Å²) in [7, 11) is 0. The first-order chi connectivity index (χ1) is 9.26. The van der Waals surface area contributed by atoms with Crippen molar-refractivity contribution in [2.24, 2.45) is 5.92 Å². The Labute approximate surface area is 119 Å². The summed E-state index contributed by atoms with van der Waals surface area (Å²) in [6.07, 6.45) is 7.64. The van der Waals surface area contributed by atoms with Gasteiger partial charge in [0, 0.05) is 24.2 Å². The minimum absolute atomic E-state index is 0.731. The van der Waals surface area contributed by atoms with Crippen LogP contribution in [0, 0.1) is 5.92 Å². The predicted octanol–water partition coefficient (Wildman–Crippen LogP) is 3.26. The zero-order valence-electron chi connectivity index (χ0n) is 11.3. The number of hydrogen-bond acceptors (Lipinski definition) is 2. The number of imidazole rings is 1. The number of pyridine rings is 1. The molecule has 1 fully saturated rings. The van der Waals surface area contributed by atoms with Crippen LogP contribution in [0.5, 0.6) is 0 Å². The first-order valence-corrected chi connectivity index (χ1v) is 7.48. The van der Waals surface area contributed by atoms with E-state index in [-0.39, 0.29) is 0 Å². The molecular formula is C15H20ClN3. The molecule has 19 heavy (non-hydrogen) atoms. The quantitative estimate of drug-likeness (QED) is 0.858. The van der Waals surface area contributed by atoms with Crippen molar-refractivity contribution in [2.75, 3.05) is 19.6 Å². The number of nitrogens with zero attached hydrogens (tertiary/aromatic N) is 3. The molecule has 1 aliphatic heterocycles. The van der Waals surface area contributed by atoms with Crippen LogP contribution in [0.2, 0.25) is 5.02 Å². The number of likely N-dealkylation sites (tertiary alicyclic amines) is 1. The molecule has 0 N–H and O–H groups in total. The Hall–Kier alpha value is -1.06. The van der Waals surface area contributed by atoms with Crippen LogP contribution in [0.4, 0.5) is 0 Å². The Morgan fingerprint density at radius 1 is 1.47 bits per heavy atom. The summed E-state index contributed by atoms with van der Waals surface area (Å²) in [4.78, 5) is 7.11. The van der Waals surface area contributed by atoms with Crippen LogP contribution in [-0.4, -0.2) is 33.9 Å². The molecule has 3 rings (SSSR count). The fourth-order valence-electron chi connectivity index (χ4n) is 3.04. The molecule has 0 radical (unpaired) electrons. The molecule has 0 saturated carbocycles. The van der Waals surface area contributed by atoms with Crippen LogP contribution in [0.25, 0.3) is 5.52 Å². The van der Waals surface area contributed by atoms with Crippen LogP contribution in [0.15, 0.2) is 24.5 Å². The Morgan fingerprint density at radius 3 is 3.21 bits per heavy atom. The van der Waals surface area contributed by atoms with Gasteiger partial charge in [-0.3, -0.25) is 0 Å². The van der Waals surface area contributed by atoms with Gasteiger partial charge in [-0.05, 0) is 44.0 Å². The molecule has 0 spiro atoms. The number of aromatic nitrogens is 2. The molecule has 3 heterocycles. The molecule has 1 atom stereocenters. The molecule has 0 aromatic carbocycles. The van der Waals surface area contributed by atoms with Gasteiger partial charge in [-0.25, -0.2) is 4.98 Å². The highest BCUT2D eigenvalue weighted by atomic mass is 35.5. The van der Waals surface area contributed by atoms with E-state index in [4.69, 9.17) is 11.6 Å². The van der Waals surface area contributed by atoms with Crippen molar-refractivity contribution in [3.8, 4) is 0 Å². The molecule has 1 unspecified atom stereocenters. The summed E-state index contributed by atoms with van der Waals surface area (Å²) >= 11 is 6.01. The van der Waals surface area contributed by atoms with Gasteiger partial charge in [0.1, 0.15) is 5.82 Å². The molecule has 2 aromatic heterocycles. The summed E-state index contributed by atoms with van der Waals surface area (Å²) in [5, 5.41) is 0.772. The second-order valence-corrected chi connectivity index (χ2v) is 5.86. The molecule has 2 aromatic rings. The average molecular weight is 278 g/mol. The van der Waals surface area contributed by atoms with E-state index < -0.39 is 0 Å². The van der Waals surface area contributed by atoms with Crippen molar-refractivity contribution in [1.82, 2.24) is 14.3 Å². The van der Waals surface area contributed by atoms with E-state index in [9.17, 15) is 0 Å². The van der Waals surface area contributed by atoms with E-state index in [0.717, 1.165) is 35.2 Å². The number of rotatable bonds is 3. The lowest BCUT2D eigenvalue weighted by atomic mass is 9.94. The second-order valence-electron chi connectivity index (χ2n) is 5.42. The maximum atomic E-state index is 6.01. The highest BCUT2D eigenvalue weighted by Crippen LogP contribution is 2.21. The Morgan fingerprint density at radius 2 is 2.37 bits per heavy atom.